The topological polar surface area (TPSA) is 29.5 Å². The Morgan fingerprint density at radius 1 is 1.21 bits per heavy atom. The van der Waals surface area contributed by atoms with Crippen LogP contribution in [0, 0.1) is 6.92 Å². The third-order valence-electron chi connectivity index (χ3n) is 3.45. The van der Waals surface area contributed by atoms with Crippen LogP contribution in [0.2, 0.25) is 5.02 Å². The smallest absolute Gasteiger partial charge is 0.127 e. The van der Waals surface area contributed by atoms with Crippen molar-refractivity contribution in [3.63, 3.8) is 0 Å². The van der Waals surface area contributed by atoms with E-state index in [4.69, 9.17) is 16.3 Å². The Labute approximate surface area is 117 Å². The van der Waals surface area contributed by atoms with Crippen LogP contribution in [0.15, 0.2) is 42.5 Å². The van der Waals surface area contributed by atoms with E-state index in [2.05, 4.69) is 19.1 Å². The summed E-state index contributed by atoms with van der Waals surface area (Å²) >= 11 is 5.95. The predicted molar refractivity (Wildman–Crippen MR) is 75.6 cm³/mol. The zero-order valence-corrected chi connectivity index (χ0v) is 11.4. The van der Waals surface area contributed by atoms with Crippen molar-refractivity contribution in [2.24, 2.45) is 0 Å². The van der Waals surface area contributed by atoms with Gasteiger partial charge in [0.05, 0.1) is 6.10 Å². The molecule has 1 N–H and O–H groups in total. The molecule has 19 heavy (non-hydrogen) atoms. The van der Waals surface area contributed by atoms with Gasteiger partial charge in [-0.1, -0.05) is 41.4 Å². The van der Waals surface area contributed by atoms with Crippen molar-refractivity contribution < 1.29 is 9.84 Å². The lowest BCUT2D eigenvalue weighted by Crippen LogP contribution is -2.19. The molecule has 2 nitrogen and oxygen atoms in total. The van der Waals surface area contributed by atoms with Crippen LogP contribution in [0.1, 0.15) is 35.3 Å². The van der Waals surface area contributed by atoms with E-state index in [0.29, 0.717) is 11.4 Å². The van der Waals surface area contributed by atoms with Crippen LogP contribution in [0.25, 0.3) is 0 Å². The van der Waals surface area contributed by atoms with Gasteiger partial charge in [0.2, 0.25) is 0 Å². The Bertz CT molecular complexity index is 609. The first-order chi connectivity index (χ1) is 9.13. The first-order valence-electron chi connectivity index (χ1n) is 6.34. The van der Waals surface area contributed by atoms with E-state index >= 15 is 0 Å². The van der Waals surface area contributed by atoms with Crippen LogP contribution in [-0.2, 0) is 0 Å². The summed E-state index contributed by atoms with van der Waals surface area (Å²) in [5.74, 6) is 0.717. The van der Waals surface area contributed by atoms with E-state index < -0.39 is 6.10 Å². The standard InChI is InChI=1S/C16H15ClO2/c1-10-3-2-4-11(7-10)16-9-14(18)13-8-12(17)5-6-15(13)19-16/h2-8,14,16,18H,9H2,1H3/t14-,16?/m1/s1. The van der Waals surface area contributed by atoms with Crippen LogP contribution in [-0.4, -0.2) is 5.11 Å². The molecule has 0 radical (unpaired) electrons. The highest BCUT2D eigenvalue weighted by molar-refractivity contribution is 6.30. The molecule has 1 aliphatic rings. The minimum atomic E-state index is -0.534. The fraction of sp³-hybridized carbons (Fsp3) is 0.250. The molecule has 2 atom stereocenters. The van der Waals surface area contributed by atoms with Gasteiger partial charge in [0, 0.05) is 17.0 Å². The maximum atomic E-state index is 10.2. The average Bonchev–Trinajstić information content (AvgIpc) is 2.39. The second-order valence-electron chi connectivity index (χ2n) is 4.95. The minimum absolute atomic E-state index is 0.108. The number of halogens is 1. The van der Waals surface area contributed by atoms with Gasteiger partial charge < -0.3 is 9.84 Å². The highest BCUT2D eigenvalue weighted by Gasteiger charge is 2.28. The van der Waals surface area contributed by atoms with Crippen molar-refractivity contribution in [1.82, 2.24) is 0 Å². The Morgan fingerprint density at radius 2 is 2.05 bits per heavy atom. The summed E-state index contributed by atoms with van der Waals surface area (Å²) in [7, 11) is 0. The largest absolute Gasteiger partial charge is 0.485 e. The lowest BCUT2D eigenvalue weighted by Gasteiger charge is -2.30. The van der Waals surface area contributed by atoms with E-state index in [1.807, 2.05) is 18.2 Å². The highest BCUT2D eigenvalue weighted by Crippen LogP contribution is 2.41. The summed E-state index contributed by atoms with van der Waals surface area (Å²) in [6.45, 7) is 2.05. The van der Waals surface area contributed by atoms with Gasteiger partial charge in [0.1, 0.15) is 11.9 Å². The monoisotopic (exact) mass is 274 g/mol. The Balaban J connectivity index is 1.95. The number of ether oxygens (including phenoxy) is 1. The molecule has 2 aromatic rings. The average molecular weight is 275 g/mol. The number of fused-ring (bicyclic) bond motifs is 1. The molecule has 1 heterocycles. The molecule has 0 saturated heterocycles. The van der Waals surface area contributed by atoms with Crippen LogP contribution in [0.3, 0.4) is 0 Å². The molecular formula is C16H15ClO2. The van der Waals surface area contributed by atoms with Crippen LogP contribution in [0.5, 0.6) is 5.75 Å². The number of aryl methyl sites for hydroxylation is 1. The molecule has 0 fully saturated rings. The predicted octanol–water partition coefficient (Wildman–Crippen LogP) is 4.21. The molecule has 1 unspecified atom stereocenters. The highest BCUT2D eigenvalue weighted by atomic mass is 35.5. The van der Waals surface area contributed by atoms with Crippen LogP contribution < -0.4 is 4.74 Å². The first kappa shape index (κ1) is 12.5. The quantitative estimate of drug-likeness (QED) is 0.844. The molecule has 0 bridgehead atoms. The number of benzene rings is 2. The number of aliphatic hydroxyl groups is 1. The third-order valence-corrected chi connectivity index (χ3v) is 3.69. The second-order valence-corrected chi connectivity index (χ2v) is 5.39. The zero-order valence-electron chi connectivity index (χ0n) is 10.6. The second kappa shape index (κ2) is 4.87. The summed E-state index contributed by atoms with van der Waals surface area (Å²) in [5.41, 5.74) is 3.06. The summed E-state index contributed by atoms with van der Waals surface area (Å²) < 4.78 is 5.98. The van der Waals surface area contributed by atoms with Crippen LogP contribution in [0.4, 0.5) is 0 Å². The minimum Gasteiger partial charge on any atom is -0.485 e. The number of rotatable bonds is 1. The Hall–Kier alpha value is -1.51. The summed E-state index contributed by atoms with van der Waals surface area (Å²) in [4.78, 5) is 0. The molecule has 0 amide bonds. The van der Waals surface area contributed by atoms with E-state index in [-0.39, 0.29) is 6.10 Å². The first-order valence-corrected chi connectivity index (χ1v) is 6.72. The van der Waals surface area contributed by atoms with Gasteiger partial charge in [0.15, 0.2) is 0 Å². The molecular weight excluding hydrogens is 260 g/mol. The van der Waals surface area contributed by atoms with Crippen molar-refractivity contribution in [3.05, 3.63) is 64.2 Å². The zero-order chi connectivity index (χ0) is 13.4. The van der Waals surface area contributed by atoms with Crippen LogP contribution >= 0.6 is 11.6 Å². The molecule has 1 aliphatic heterocycles. The molecule has 0 saturated carbocycles. The summed E-state index contributed by atoms with van der Waals surface area (Å²) in [6.07, 6.45) is -0.0897. The Kier molecular flexibility index (Phi) is 3.21. The molecule has 0 aliphatic carbocycles. The van der Waals surface area contributed by atoms with Gasteiger partial charge in [-0.3, -0.25) is 0 Å². The molecule has 3 rings (SSSR count). The molecule has 0 spiro atoms. The van der Waals surface area contributed by atoms with E-state index in [1.165, 1.54) is 5.56 Å². The third kappa shape index (κ3) is 2.46. The van der Waals surface area contributed by atoms with E-state index in [0.717, 1.165) is 16.9 Å². The van der Waals surface area contributed by atoms with Gasteiger partial charge in [-0.15, -0.1) is 0 Å². The fourth-order valence-corrected chi connectivity index (χ4v) is 2.67. The molecule has 3 heteroatoms. The molecule has 0 aromatic heterocycles. The van der Waals surface area contributed by atoms with Gasteiger partial charge in [-0.25, -0.2) is 0 Å². The van der Waals surface area contributed by atoms with E-state index in [9.17, 15) is 5.11 Å². The van der Waals surface area contributed by atoms with Gasteiger partial charge in [-0.05, 0) is 30.7 Å². The fourth-order valence-electron chi connectivity index (χ4n) is 2.49. The van der Waals surface area contributed by atoms with Crippen molar-refractivity contribution in [3.8, 4) is 5.75 Å². The normalized spacial score (nSPS) is 21.6. The van der Waals surface area contributed by atoms with Gasteiger partial charge in [-0.2, -0.15) is 0 Å². The maximum absolute atomic E-state index is 10.2. The van der Waals surface area contributed by atoms with Crippen molar-refractivity contribution in [2.45, 2.75) is 25.6 Å². The summed E-state index contributed by atoms with van der Waals surface area (Å²) in [6, 6.07) is 13.6. The van der Waals surface area contributed by atoms with Crippen molar-refractivity contribution >= 4 is 11.6 Å². The molecule has 2 aromatic carbocycles. The Morgan fingerprint density at radius 3 is 2.84 bits per heavy atom. The lowest BCUT2D eigenvalue weighted by molar-refractivity contribution is 0.0657. The summed E-state index contributed by atoms with van der Waals surface area (Å²) in [5, 5.41) is 10.9. The van der Waals surface area contributed by atoms with E-state index in [1.54, 1.807) is 12.1 Å². The SMILES string of the molecule is Cc1cccc(C2C[C@@H](O)c3cc(Cl)ccc3O2)c1. The maximum Gasteiger partial charge on any atom is 0.127 e. The van der Waals surface area contributed by atoms with Crippen molar-refractivity contribution in [1.29, 1.82) is 0 Å². The number of hydrogen-bond acceptors (Lipinski definition) is 2. The lowest BCUT2D eigenvalue weighted by atomic mass is 9.94. The number of aliphatic hydroxyl groups excluding tert-OH is 1. The van der Waals surface area contributed by atoms with Gasteiger partial charge in [0.25, 0.3) is 0 Å². The number of hydrogen-bond donors (Lipinski definition) is 1. The van der Waals surface area contributed by atoms with Crippen molar-refractivity contribution in [2.75, 3.05) is 0 Å². The van der Waals surface area contributed by atoms with Gasteiger partial charge >= 0.3 is 0 Å². The molecule has 98 valence electrons.